The SMILES string of the molecule is CC[Si](CC)(CC)O[C@@H]1C=C2C#C[C@@](O[Si](CC)(CC)CC)([C@H]3COC4(CCCC4)O3)[C@@H](OS(C)(=O)=O)C#CC[C@]2(O[Si](CC)(CC)CC)[C@H]1OCc1ccc(OC)cc1. The van der Waals surface area contributed by atoms with E-state index in [9.17, 15) is 8.42 Å². The van der Waals surface area contributed by atoms with E-state index in [1.54, 1.807) is 7.11 Å². The van der Waals surface area contributed by atoms with Gasteiger partial charge in [-0.2, -0.15) is 8.42 Å². The third kappa shape index (κ3) is 10.3. The number of hydrogen-bond acceptors (Lipinski definition) is 10. The maximum atomic E-state index is 13.3. The summed E-state index contributed by atoms with van der Waals surface area (Å²) in [5.74, 6) is 14.2. The van der Waals surface area contributed by atoms with Gasteiger partial charge in [0.15, 0.2) is 42.4 Å². The lowest BCUT2D eigenvalue weighted by Gasteiger charge is -2.45. The zero-order valence-electron chi connectivity index (χ0n) is 38.5. The normalized spacial score (nSPS) is 27.9. The van der Waals surface area contributed by atoms with Crippen molar-refractivity contribution in [1.29, 1.82) is 0 Å². The van der Waals surface area contributed by atoms with Crippen LogP contribution in [0.25, 0.3) is 0 Å². The lowest BCUT2D eigenvalue weighted by Crippen LogP contribution is -2.61. The van der Waals surface area contributed by atoms with Gasteiger partial charge < -0.3 is 32.2 Å². The molecule has 1 spiro atoms. The van der Waals surface area contributed by atoms with Gasteiger partial charge in [0.1, 0.15) is 23.6 Å². The van der Waals surface area contributed by atoms with Crippen molar-refractivity contribution in [1.82, 2.24) is 0 Å². The molecule has 5 rings (SSSR count). The predicted octanol–water partition coefficient (Wildman–Crippen LogP) is 9.87. The minimum absolute atomic E-state index is 0.177. The van der Waals surface area contributed by atoms with E-state index in [2.05, 4.69) is 92.1 Å². The van der Waals surface area contributed by atoms with Gasteiger partial charge in [0, 0.05) is 24.8 Å². The van der Waals surface area contributed by atoms with Crippen molar-refractivity contribution in [2.45, 2.75) is 197 Å². The fraction of sp³-hybridized carbons (Fsp3) is 0.739. The van der Waals surface area contributed by atoms with Gasteiger partial charge in [-0.3, -0.25) is 0 Å². The van der Waals surface area contributed by atoms with E-state index < -0.39 is 76.5 Å². The average Bonchev–Trinajstić information content (AvgIpc) is 3.99. The van der Waals surface area contributed by atoms with Crippen LogP contribution in [0.2, 0.25) is 54.4 Å². The highest BCUT2D eigenvalue weighted by atomic mass is 32.2. The summed E-state index contributed by atoms with van der Waals surface area (Å²) in [4.78, 5) is 0. The Kier molecular flexibility index (Phi) is 16.7. The molecule has 6 atom stereocenters. The Labute approximate surface area is 366 Å². The van der Waals surface area contributed by atoms with Gasteiger partial charge in [-0.15, -0.1) is 0 Å². The molecule has 0 radical (unpaired) electrons. The van der Waals surface area contributed by atoms with Crippen molar-refractivity contribution in [2.24, 2.45) is 0 Å². The number of ether oxygens (including phenoxy) is 4. The second-order valence-electron chi connectivity index (χ2n) is 17.3. The number of fused-ring (bicyclic) bond motifs is 1. The molecule has 2 fully saturated rings. The molecule has 1 heterocycles. The fourth-order valence-electron chi connectivity index (χ4n) is 9.72. The van der Waals surface area contributed by atoms with Crippen LogP contribution in [0.5, 0.6) is 5.75 Å². The molecule has 336 valence electrons. The second-order valence-corrected chi connectivity index (χ2v) is 33.0. The molecule has 10 nitrogen and oxygen atoms in total. The van der Waals surface area contributed by atoms with E-state index in [1.807, 2.05) is 24.3 Å². The smallest absolute Gasteiger partial charge is 0.265 e. The first kappa shape index (κ1) is 49.2. The molecule has 4 aliphatic rings. The Morgan fingerprint density at radius 1 is 0.800 bits per heavy atom. The third-order valence-corrected chi connectivity index (χ3v) is 28.9. The van der Waals surface area contributed by atoms with Crippen LogP contribution in [-0.4, -0.2) is 94.7 Å². The summed E-state index contributed by atoms with van der Waals surface area (Å²) in [7, 11) is -9.64. The van der Waals surface area contributed by atoms with Crippen LogP contribution in [0.15, 0.2) is 35.9 Å². The molecule has 60 heavy (non-hydrogen) atoms. The van der Waals surface area contributed by atoms with Crippen LogP contribution in [-0.2, 0) is 48.4 Å². The van der Waals surface area contributed by atoms with Gasteiger partial charge >= 0.3 is 0 Å². The van der Waals surface area contributed by atoms with Crippen molar-refractivity contribution in [3.63, 3.8) is 0 Å². The molecule has 0 unspecified atom stereocenters. The van der Waals surface area contributed by atoms with E-state index >= 15 is 0 Å². The molecule has 1 aromatic rings. The Hall–Kier alpha value is -1.80. The monoisotopic (exact) mass is 902 g/mol. The summed E-state index contributed by atoms with van der Waals surface area (Å²) in [5.41, 5.74) is -1.00. The lowest BCUT2D eigenvalue weighted by atomic mass is 9.89. The van der Waals surface area contributed by atoms with Gasteiger partial charge in [0.2, 0.25) is 0 Å². The van der Waals surface area contributed by atoms with Crippen molar-refractivity contribution in [3.05, 3.63) is 41.5 Å². The minimum atomic E-state index is -4.05. The van der Waals surface area contributed by atoms with Crippen molar-refractivity contribution in [3.8, 4) is 29.4 Å². The van der Waals surface area contributed by atoms with Crippen LogP contribution in [0.1, 0.15) is 100.0 Å². The van der Waals surface area contributed by atoms with Gasteiger partial charge in [0.25, 0.3) is 10.1 Å². The topological polar surface area (TPSA) is 108 Å². The molecule has 1 aromatic carbocycles. The summed E-state index contributed by atoms with van der Waals surface area (Å²) in [6.07, 6.45) is 3.74. The lowest BCUT2D eigenvalue weighted by molar-refractivity contribution is -0.183. The molecule has 0 aromatic heterocycles. The van der Waals surface area contributed by atoms with Crippen LogP contribution < -0.4 is 4.74 Å². The average molecular weight is 903 g/mol. The van der Waals surface area contributed by atoms with Gasteiger partial charge in [-0.05, 0) is 91.0 Å². The van der Waals surface area contributed by atoms with Gasteiger partial charge in [0.05, 0.1) is 32.7 Å². The summed E-state index contributed by atoms with van der Waals surface area (Å²) in [6, 6.07) is 15.9. The van der Waals surface area contributed by atoms with E-state index in [1.165, 1.54) is 0 Å². The molecule has 0 amide bonds. The number of rotatable bonds is 22. The number of methoxy groups -OCH3 is 1. The summed E-state index contributed by atoms with van der Waals surface area (Å²) in [6.45, 7) is 20.3. The number of hydrogen-bond donors (Lipinski definition) is 0. The molecule has 3 aliphatic carbocycles. The number of benzene rings is 1. The van der Waals surface area contributed by atoms with Gasteiger partial charge in [-0.25, -0.2) is 4.18 Å². The molecule has 0 bridgehead atoms. The van der Waals surface area contributed by atoms with E-state index in [-0.39, 0.29) is 13.0 Å². The van der Waals surface area contributed by atoms with Crippen LogP contribution in [0, 0.1) is 23.7 Å². The Bertz CT molecular complexity index is 1820. The van der Waals surface area contributed by atoms with Crippen molar-refractivity contribution >= 4 is 35.1 Å². The van der Waals surface area contributed by atoms with E-state index in [4.69, 9.17) is 36.4 Å². The Morgan fingerprint density at radius 2 is 1.37 bits per heavy atom. The molecular weight excluding hydrogens is 829 g/mol. The third-order valence-electron chi connectivity index (χ3n) is 14.4. The molecule has 1 saturated carbocycles. The van der Waals surface area contributed by atoms with Crippen molar-refractivity contribution in [2.75, 3.05) is 20.0 Å². The summed E-state index contributed by atoms with van der Waals surface area (Å²) < 4.78 is 81.6. The maximum absolute atomic E-state index is 13.3. The van der Waals surface area contributed by atoms with Crippen LogP contribution >= 0.6 is 0 Å². The van der Waals surface area contributed by atoms with E-state index in [0.717, 1.165) is 103 Å². The largest absolute Gasteiger partial charge is 0.497 e. The standard InChI is InChI=1S/C46H74O10SSi3/c1-12-58(13-2,14-3)54-40-34-38-29-33-46(56-60(18-7,19-8)20-9,42-36-51-44(52-42)30-21-22-31-44)41(53-57(11,47)48)24-23-32-45(38,55-59(15-4,16-5)17-6)43(40)50-35-37-25-27-39(49-10)28-26-37/h25-28,34,40-43H,12-22,30-32,35-36H2,1-11H3/t40-,41+,42-,43+,45-,46+/m1/s1. The highest BCUT2D eigenvalue weighted by Crippen LogP contribution is 2.49. The zero-order chi connectivity index (χ0) is 43.9. The Morgan fingerprint density at radius 3 is 1.90 bits per heavy atom. The zero-order valence-corrected chi connectivity index (χ0v) is 42.3. The van der Waals surface area contributed by atoms with Gasteiger partial charge in [-0.1, -0.05) is 98.1 Å². The quantitative estimate of drug-likeness (QED) is 0.0634. The molecule has 0 N–H and O–H groups in total. The van der Waals surface area contributed by atoms with Crippen molar-refractivity contribution < 1.29 is 44.8 Å². The molecule has 14 heteroatoms. The molecular formula is C46H74O10SSi3. The van der Waals surface area contributed by atoms with E-state index in [0.29, 0.717) is 6.61 Å². The Balaban J connectivity index is 1.81. The highest BCUT2D eigenvalue weighted by Gasteiger charge is 2.61. The maximum Gasteiger partial charge on any atom is 0.265 e. The van der Waals surface area contributed by atoms with Crippen LogP contribution in [0.3, 0.4) is 0 Å². The highest BCUT2D eigenvalue weighted by molar-refractivity contribution is 7.86. The summed E-state index contributed by atoms with van der Waals surface area (Å²) >= 11 is 0. The first-order valence-electron chi connectivity index (χ1n) is 22.9. The predicted molar refractivity (Wildman–Crippen MR) is 246 cm³/mol. The molecule has 1 saturated heterocycles. The summed E-state index contributed by atoms with van der Waals surface area (Å²) in [5, 5.41) is 0. The van der Waals surface area contributed by atoms with Crippen LogP contribution in [0.4, 0.5) is 0 Å². The first-order chi connectivity index (χ1) is 28.6. The molecule has 1 aliphatic heterocycles. The minimum Gasteiger partial charge on any atom is -0.497 e. The fourth-order valence-corrected chi connectivity index (χ4v) is 19.0. The first-order valence-corrected chi connectivity index (χ1v) is 32.3. The second kappa shape index (κ2) is 20.4.